The van der Waals surface area contributed by atoms with Gasteiger partial charge in [0.05, 0.1) is 29.1 Å². The molecule has 1 aromatic heterocycles. The molecule has 18 heavy (non-hydrogen) atoms. The number of halogens is 1. The first-order valence-electron chi connectivity index (χ1n) is 5.94. The molecule has 0 saturated heterocycles. The molecular weight excluding hydrogens is 345 g/mol. The van der Waals surface area contributed by atoms with E-state index in [1.54, 1.807) is 7.11 Å². The summed E-state index contributed by atoms with van der Waals surface area (Å²) in [5.41, 5.74) is 6.90. The van der Waals surface area contributed by atoms with E-state index in [1.807, 2.05) is 0 Å². The van der Waals surface area contributed by atoms with E-state index >= 15 is 0 Å². The number of anilines is 1. The van der Waals surface area contributed by atoms with Crippen molar-refractivity contribution < 1.29 is 9.47 Å². The highest BCUT2D eigenvalue weighted by atomic mass is 127. The van der Waals surface area contributed by atoms with Crippen LogP contribution >= 0.6 is 22.6 Å². The van der Waals surface area contributed by atoms with E-state index < -0.39 is 0 Å². The normalized spacial score (nSPS) is 11.2. The predicted molar refractivity (Wildman–Crippen MR) is 79.6 cm³/mol. The van der Waals surface area contributed by atoms with Crippen LogP contribution in [0.25, 0.3) is 0 Å². The Bertz CT molecular complexity index is 386. The van der Waals surface area contributed by atoms with E-state index in [0.717, 1.165) is 15.1 Å². The monoisotopic (exact) mass is 365 g/mol. The van der Waals surface area contributed by atoms with Crippen molar-refractivity contribution >= 4 is 28.4 Å². The first-order chi connectivity index (χ1) is 8.56. The lowest BCUT2D eigenvalue weighted by Gasteiger charge is -2.11. The fraction of sp³-hybridized carbons (Fsp3) is 0.667. The van der Waals surface area contributed by atoms with Crippen molar-refractivity contribution in [3.05, 3.63) is 15.1 Å². The Labute approximate surface area is 122 Å². The molecule has 102 valence electrons. The summed E-state index contributed by atoms with van der Waals surface area (Å²) < 4.78 is 11.3. The molecule has 0 aromatic carbocycles. The van der Waals surface area contributed by atoms with Crippen LogP contribution < -0.4 is 5.73 Å². The average Bonchev–Trinajstić information content (AvgIpc) is 2.32. The lowest BCUT2D eigenvalue weighted by Crippen LogP contribution is -2.11. The number of rotatable bonds is 7. The van der Waals surface area contributed by atoms with Gasteiger partial charge >= 0.3 is 0 Å². The maximum Gasteiger partial charge on any atom is 0.140 e. The molecule has 0 atom stereocenters. The van der Waals surface area contributed by atoms with Crippen LogP contribution in [0.2, 0.25) is 0 Å². The second-order valence-electron chi connectivity index (χ2n) is 4.23. The zero-order valence-electron chi connectivity index (χ0n) is 11.1. The number of ether oxygens (including phenoxy) is 2. The number of methoxy groups -OCH3 is 1. The minimum Gasteiger partial charge on any atom is -0.383 e. The molecule has 0 aliphatic carbocycles. The van der Waals surface area contributed by atoms with Gasteiger partial charge < -0.3 is 15.2 Å². The average molecular weight is 365 g/mol. The van der Waals surface area contributed by atoms with E-state index in [0.29, 0.717) is 38.0 Å². The highest BCUT2D eigenvalue weighted by Crippen LogP contribution is 2.23. The van der Waals surface area contributed by atoms with Crippen molar-refractivity contribution in [2.24, 2.45) is 0 Å². The van der Waals surface area contributed by atoms with Crippen LogP contribution in [0.1, 0.15) is 31.3 Å². The van der Waals surface area contributed by atoms with Gasteiger partial charge in [-0.3, -0.25) is 0 Å². The number of nitrogen functional groups attached to an aromatic ring is 1. The quantitative estimate of drug-likeness (QED) is 0.591. The molecule has 0 radical (unpaired) electrons. The topological polar surface area (TPSA) is 70.3 Å². The number of hydrogen-bond acceptors (Lipinski definition) is 5. The SMILES string of the molecule is COCCOCCc1nc(N)c(I)c(C(C)C)n1. The molecule has 0 spiro atoms. The lowest BCUT2D eigenvalue weighted by atomic mass is 10.1. The van der Waals surface area contributed by atoms with Gasteiger partial charge in [0.2, 0.25) is 0 Å². The summed E-state index contributed by atoms with van der Waals surface area (Å²) in [7, 11) is 1.65. The number of nitrogens with two attached hydrogens (primary N) is 1. The Balaban J connectivity index is 2.61. The minimum absolute atomic E-state index is 0.343. The number of hydrogen-bond donors (Lipinski definition) is 1. The van der Waals surface area contributed by atoms with E-state index in [9.17, 15) is 0 Å². The van der Waals surface area contributed by atoms with Crippen molar-refractivity contribution in [1.82, 2.24) is 9.97 Å². The molecule has 0 fully saturated rings. The van der Waals surface area contributed by atoms with Crippen LogP contribution in [-0.2, 0) is 15.9 Å². The number of aromatic nitrogens is 2. The summed E-state index contributed by atoms with van der Waals surface area (Å²) in [4.78, 5) is 8.82. The second kappa shape index (κ2) is 7.85. The van der Waals surface area contributed by atoms with Gasteiger partial charge in [-0.15, -0.1) is 0 Å². The Hall–Kier alpha value is -0.470. The first-order valence-corrected chi connectivity index (χ1v) is 7.02. The summed E-state index contributed by atoms with van der Waals surface area (Å²) in [6, 6.07) is 0. The summed E-state index contributed by atoms with van der Waals surface area (Å²) >= 11 is 2.20. The standard InChI is InChI=1S/C12H20IN3O2/c1-8(2)11-10(13)12(14)16-9(15-11)4-5-18-7-6-17-3/h8H,4-7H2,1-3H3,(H2,14,15,16). The van der Waals surface area contributed by atoms with Gasteiger partial charge in [-0.25, -0.2) is 9.97 Å². The fourth-order valence-corrected chi connectivity index (χ4v) is 2.30. The zero-order chi connectivity index (χ0) is 13.5. The fourth-order valence-electron chi connectivity index (χ4n) is 1.43. The first kappa shape index (κ1) is 15.6. The maximum atomic E-state index is 5.89. The molecule has 6 heteroatoms. The van der Waals surface area contributed by atoms with Crippen molar-refractivity contribution in [1.29, 1.82) is 0 Å². The van der Waals surface area contributed by atoms with E-state index in [-0.39, 0.29) is 0 Å². The molecule has 5 nitrogen and oxygen atoms in total. The molecule has 0 bridgehead atoms. The molecular formula is C12H20IN3O2. The Morgan fingerprint density at radius 2 is 1.94 bits per heavy atom. The van der Waals surface area contributed by atoms with Crippen molar-refractivity contribution in [3.8, 4) is 0 Å². The highest BCUT2D eigenvalue weighted by Gasteiger charge is 2.12. The smallest absolute Gasteiger partial charge is 0.140 e. The summed E-state index contributed by atoms with van der Waals surface area (Å²) in [5, 5.41) is 0. The molecule has 2 N–H and O–H groups in total. The molecule has 0 saturated carbocycles. The third-order valence-corrected chi connectivity index (χ3v) is 3.50. The summed E-state index contributed by atoms with van der Waals surface area (Å²) in [6.07, 6.45) is 0.671. The van der Waals surface area contributed by atoms with E-state index in [2.05, 4.69) is 46.4 Å². The van der Waals surface area contributed by atoms with Crippen molar-refractivity contribution in [3.63, 3.8) is 0 Å². The Kier molecular flexibility index (Phi) is 6.80. The van der Waals surface area contributed by atoms with Crippen molar-refractivity contribution in [2.75, 3.05) is 32.7 Å². The third-order valence-electron chi connectivity index (χ3n) is 2.40. The van der Waals surface area contributed by atoms with Crippen LogP contribution in [0.5, 0.6) is 0 Å². The second-order valence-corrected chi connectivity index (χ2v) is 5.31. The maximum absolute atomic E-state index is 5.89. The van der Waals surface area contributed by atoms with Gasteiger partial charge in [0.25, 0.3) is 0 Å². The van der Waals surface area contributed by atoms with E-state index in [4.69, 9.17) is 15.2 Å². The van der Waals surface area contributed by atoms with Gasteiger partial charge in [-0.1, -0.05) is 13.8 Å². The molecule has 1 aromatic rings. The third kappa shape index (κ3) is 4.66. The van der Waals surface area contributed by atoms with Crippen LogP contribution in [0, 0.1) is 3.57 Å². The van der Waals surface area contributed by atoms with Gasteiger partial charge in [0, 0.05) is 13.5 Å². The summed E-state index contributed by atoms with van der Waals surface area (Å²) in [6.45, 7) is 5.98. The largest absolute Gasteiger partial charge is 0.383 e. The zero-order valence-corrected chi connectivity index (χ0v) is 13.2. The van der Waals surface area contributed by atoms with Crippen LogP contribution in [0.15, 0.2) is 0 Å². The Morgan fingerprint density at radius 3 is 2.56 bits per heavy atom. The highest BCUT2D eigenvalue weighted by molar-refractivity contribution is 14.1. The van der Waals surface area contributed by atoms with Crippen LogP contribution in [-0.4, -0.2) is 36.9 Å². The molecule has 0 aliphatic rings. The van der Waals surface area contributed by atoms with Gasteiger partial charge in [-0.05, 0) is 28.5 Å². The van der Waals surface area contributed by atoms with Gasteiger partial charge in [-0.2, -0.15) is 0 Å². The van der Waals surface area contributed by atoms with Crippen LogP contribution in [0.3, 0.4) is 0 Å². The predicted octanol–water partition coefficient (Wildman–Crippen LogP) is 1.99. The molecule has 1 rings (SSSR count). The summed E-state index contributed by atoms with van der Waals surface area (Å²) in [5.74, 6) is 1.64. The molecule has 0 aliphatic heterocycles. The molecule has 0 unspecified atom stereocenters. The Morgan fingerprint density at radius 1 is 1.22 bits per heavy atom. The van der Waals surface area contributed by atoms with Gasteiger partial charge in [0.15, 0.2) is 0 Å². The van der Waals surface area contributed by atoms with Gasteiger partial charge in [0.1, 0.15) is 11.6 Å². The molecule has 1 heterocycles. The van der Waals surface area contributed by atoms with Crippen LogP contribution in [0.4, 0.5) is 5.82 Å². The lowest BCUT2D eigenvalue weighted by molar-refractivity contribution is 0.0716. The van der Waals surface area contributed by atoms with E-state index in [1.165, 1.54) is 0 Å². The minimum atomic E-state index is 0.343. The molecule has 0 amide bonds. The van der Waals surface area contributed by atoms with Crippen molar-refractivity contribution in [2.45, 2.75) is 26.2 Å². The number of nitrogens with zero attached hydrogens (tertiary/aromatic N) is 2.